The highest BCUT2D eigenvalue weighted by Crippen LogP contribution is 2.23. The molecule has 0 bridgehead atoms. The molecule has 1 N–H and O–H groups in total. The van der Waals surface area contributed by atoms with Crippen LogP contribution in [0.25, 0.3) is 10.8 Å². The summed E-state index contributed by atoms with van der Waals surface area (Å²) in [6, 6.07) is 26.4. The first-order valence-electron chi connectivity index (χ1n) is 9.38. The second kappa shape index (κ2) is 8.72. The van der Waals surface area contributed by atoms with Crippen LogP contribution in [0.15, 0.2) is 89.6 Å². The van der Waals surface area contributed by atoms with Crippen molar-refractivity contribution in [2.75, 3.05) is 11.9 Å². The van der Waals surface area contributed by atoms with Gasteiger partial charge in [0, 0.05) is 18.5 Å². The molecular weight excluding hydrogens is 364 g/mol. The van der Waals surface area contributed by atoms with Crippen molar-refractivity contribution in [1.82, 2.24) is 4.90 Å². The van der Waals surface area contributed by atoms with E-state index in [4.69, 9.17) is 0 Å². The lowest BCUT2D eigenvalue weighted by atomic mass is 10.1. The van der Waals surface area contributed by atoms with Crippen molar-refractivity contribution in [3.05, 3.63) is 101 Å². The van der Waals surface area contributed by atoms with Gasteiger partial charge in [0.05, 0.1) is 5.69 Å². The van der Waals surface area contributed by atoms with Crippen molar-refractivity contribution in [1.29, 1.82) is 0 Å². The summed E-state index contributed by atoms with van der Waals surface area (Å²) in [5.41, 5.74) is 3.24. The Labute approximate surface area is 169 Å². The van der Waals surface area contributed by atoms with Gasteiger partial charge in [-0.1, -0.05) is 66.7 Å². The molecular formula is C24H22N2OS. The van der Waals surface area contributed by atoms with E-state index in [0.717, 1.165) is 28.4 Å². The Kier molecular flexibility index (Phi) is 5.69. The summed E-state index contributed by atoms with van der Waals surface area (Å²) in [4.78, 5) is 15.0. The van der Waals surface area contributed by atoms with Gasteiger partial charge in [0.1, 0.15) is 0 Å². The zero-order chi connectivity index (χ0) is 19.2. The van der Waals surface area contributed by atoms with E-state index < -0.39 is 0 Å². The lowest BCUT2D eigenvalue weighted by Crippen LogP contribution is -2.36. The molecule has 3 nitrogen and oxygen atoms in total. The molecule has 2 amide bonds. The number of anilines is 1. The van der Waals surface area contributed by atoms with Gasteiger partial charge in [0.25, 0.3) is 0 Å². The SMILES string of the molecule is O=C(Nc1cccc2ccccc12)N(CCc1ccccc1)Cc1ccsc1. The normalized spacial score (nSPS) is 10.7. The number of hydrogen-bond acceptors (Lipinski definition) is 2. The van der Waals surface area contributed by atoms with E-state index in [1.807, 2.05) is 58.8 Å². The maximum atomic E-state index is 13.1. The van der Waals surface area contributed by atoms with Crippen molar-refractivity contribution >= 4 is 33.8 Å². The molecule has 0 fully saturated rings. The molecule has 0 saturated heterocycles. The average molecular weight is 387 g/mol. The Morgan fingerprint density at radius 3 is 2.46 bits per heavy atom. The molecule has 140 valence electrons. The van der Waals surface area contributed by atoms with Crippen LogP contribution >= 0.6 is 11.3 Å². The monoisotopic (exact) mass is 386 g/mol. The highest BCUT2D eigenvalue weighted by Gasteiger charge is 2.15. The number of benzene rings is 3. The Morgan fingerprint density at radius 2 is 1.64 bits per heavy atom. The fourth-order valence-electron chi connectivity index (χ4n) is 3.29. The van der Waals surface area contributed by atoms with Crippen LogP contribution in [0.4, 0.5) is 10.5 Å². The van der Waals surface area contributed by atoms with E-state index in [2.05, 4.69) is 41.0 Å². The molecule has 3 aromatic carbocycles. The van der Waals surface area contributed by atoms with Crippen molar-refractivity contribution in [3.63, 3.8) is 0 Å². The number of nitrogens with one attached hydrogen (secondary N) is 1. The number of rotatable bonds is 6. The molecule has 1 aromatic heterocycles. The summed E-state index contributed by atoms with van der Waals surface area (Å²) in [7, 11) is 0. The Bertz CT molecular complexity index is 1040. The molecule has 4 rings (SSSR count). The summed E-state index contributed by atoms with van der Waals surface area (Å²) < 4.78 is 0. The number of thiophene rings is 1. The highest BCUT2D eigenvalue weighted by atomic mass is 32.1. The predicted octanol–water partition coefficient (Wildman–Crippen LogP) is 6.18. The molecule has 0 atom stereocenters. The quantitative estimate of drug-likeness (QED) is 0.422. The standard InChI is InChI=1S/C24H22N2OS/c27-24(25-23-12-6-10-21-9-4-5-11-22(21)23)26(17-20-14-16-28-18-20)15-13-19-7-2-1-3-8-19/h1-12,14,16,18H,13,15,17H2,(H,25,27). The Morgan fingerprint density at radius 1 is 0.857 bits per heavy atom. The van der Waals surface area contributed by atoms with Crippen LogP contribution in [-0.2, 0) is 13.0 Å². The fraction of sp³-hybridized carbons (Fsp3) is 0.125. The summed E-state index contributed by atoms with van der Waals surface area (Å²) >= 11 is 1.66. The molecule has 0 spiro atoms. The first kappa shape index (κ1) is 18.3. The first-order chi connectivity index (χ1) is 13.8. The number of nitrogens with zero attached hydrogens (tertiary/aromatic N) is 1. The molecule has 0 aliphatic carbocycles. The number of carbonyl (C=O) groups excluding carboxylic acids is 1. The largest absolute Gasteiger partial charge is 0.322 e. The van der Waals surface area contributed by atoms with Crippen LogP contribution in [0.3, 0.4) is 0 Å². The van der Waals surface area contributed by atoms with Crippen molar-refractivity contribution in [2.45, 2.75) is 13.0 Å². The molecule has 0 aliphatic heterocycles. The molecule has 0 aliphatic rings. The third kappa shape index (κ3) is 4.41. The van der Waals surface area contributed by atoms with Gasteiger partial charge in [-0.3, -0.25) is 0 Å². The number of urea groups is 1. The van der Waals surface area contributed by atoms with Gasteiger partial charge in [0.15, 0.2) is 0 Å². The lowest BCUT2D eigenvalue weighted by molar-refractivity contribution is 0.210. The number of fused-ring (bicyclic) bond motifs is 1. The second-order valence-electron chi connectivity index (χ2n) is 6.75. The molecule has 0 unspecified atom stereocenters. The van der Waals surface area contributed by atoms with Gasteiger partial charge in [-0.2, -0.15) is 11.3 Å². The van der Waals surface area contributed by atoms with Crippen molar-refractivity contribution in [2.24, 2.45) is 0 Å². The minimum absolute atomic E-state index is 0.0708. The van der Waals surface area contributed by atoms with Crippen LogP contribution in [0, 0.1) is 0 Å². The van der Waals surface area contributed by atoms with E-state index in [1.165, 1.54) is 5.56 Å². The molecule has 28 heavy (non-hydrogen) atoms. The van der Waals surface area contributed by atoms with Crippen LogP contribution in [0.1, 0.15) is 11.1 Å². The number of amides is 2. The van der Waals surface area contributed by atoms with E-state index in [0.29, 0.717) is 13.1 Å². The zero-order valence-corrected chi connectivity index (χ0v) is 16.4. The van der Waals surface area contributed by atoms with Gasteiger partial charge in [-0.05, 0) is 45.8 Å². The minimum atomic E-state index is -0.0708. The van der Waals surface area contributed by atoms with Gasteiger partial charge < -0.3 is 10.2 Å². The average Bonchev–Trinajstić information content (AvgIpc) is 3.25. The third-order valence-electron chi connectivity index (χ3n) is 4.79. The van der Waals surface area contributed by atoms with E-state index in [-0.39, 0.29) is 6.03 Å². The smallest absolute Gasteiger partial charge is 0.320 e. The maximum absolute atomic E-state index is 13.1. The second-order valence-corrected chi connectivity index (χ2v) is 7.53. The third-order valence-corrected chi connectivity index (χ3v) is 5.52. The topological polar surface area (TPSA) is 32.3 Å². The molecule has 0 saturated carbocycles. The minimum Gasteiger partial charge on any atom is -0.320 e. The van der Waals surface area contributed by atoms with Crippen LogP contribution in [-0.4, -0.2) is 17.5 Å². The summed E-state index contributed by atoms with van der Waals surface area (Å²) in [5, 5.41) is 9.44. The molecule has 4 heteroatoms. The van der Waals surface area contributed by atoms with Gasteiger partial charge in [0.2, 0.25) is 0 Å². The Hall–Kier alpha value is -3.11. The number of carbonyl (C=O) groups is 1. The highest BCUT2D eigenvalue weighted by molar-refractivity contribution is 7.07. The number of hydrogen-bond donors (Lipinski definition) is 1. The van der Waals surface area contributed by atoms with Crippen molar-refractivity contribution < 1.29 is 4.79 Å². The molecule has 4 aromatic rings. The van der Waals surface area contributed by atoms with Crippen molar-refractivity contribution in [3.8, 4) is 0 Å². The van der Waals surface area contributed by atoms with Gasteiger partial charge in [-0.25, -0.2) is 4.79 Å². The van der Waals surface area contributed by atoms with Crippen LogP contribution < -0.4 is 5.32 Å². The summed E-state index contributed by atoms with van der Waals surface area (Å²) in [6.45, 7) is 1.27. The van der Waals surface area contributed by atoms with Gasteiger partial charge >= 0.3 is 6.03 Å². The van der Waals surface area contributed by atoms with Gasteiger partial charge in [-0.15, -0.1) is 0 Å². The zero-order valence-electron chi connectivity index (χ0n) is 15.5. The van der Waals surface area contributed by atoms with Crippen LogP contribution in [0.5, 0.6) is 0 Å². The fourth-order valence-corrected chi connectivity index (χ4v) is 3.95. The Balaban J connectivity index is 1.53. The summed E-state index contributed by atoms with van der Waals surface area (Å²) in [6.07, 6.45) is 0.827. The maximum Gasteiger partial charge on any atom is 0.322 e. The van der Waals surface area contributed by atoms with E-state index in [9.17, 15) is 4.79 Å². The van der Waals surface area contributed by atoms with Crippen LogP contribution in [0.2, 0.25) is 0 Å². The predicted molar refractivity (Wildman–Crippen MR) is 118 cm³/mol. The molecule has 1 heterocycles. The summed E-state index contributed by atoms with van der Waals surface area (Å²) in [5.74, 6) is 0. The lowest BCUT2D eigenvalue weighted by Gasteiger charge is -2.23. The molecule has 0 radical (unpaired) electrons. The first-order valence-corrected chi connectivity index (χ1v) is 10.3. The van der Waals surface area contributed by atoms with E-state index in [1.54, 1.807) is 11.3 Å². The van der Waals surface area contributed by atoms with E-state index >= 15 is 0 Å².